The van der Waals surface area contributed by atoms with E-state index in [4.69, 9.17) is 4.74 Å². The number of rotatable bonds is 3. The average molecular weight is 263 g/mol. The molecule has 0 aromatic heterocycles. The normalized spacial score (nSPS) is 21.5. The van der Waals surface area contributed by atoms with Crippen LogP contribution in [0.5, 0.6) is 5.75 Å². The number of amides is 1. The number of nitrogens with zero attached hydrogens (tertiary/aromatic N) is 1. The summed E-state index contributed by atoms with van der Waals surface area (Å²) in [7, 11) is 1.60. The molecule has 1 aromatic carbocycles. The molecule has 1 aromatic rings. The third kappa shape index (κ3) is 2.59. The fraction of sp³-hybridized carbons (Fsp3) is 0.533. The number of aliphatic hydroxyl groups is 1. The zero-order chi connectivity index (χ0) is 14.0. The number of likely N-dealkylation sites (tertiary alicyclic amines) is 1. The molecule has 1 unspecified atom stereocenters. The van der Waals surface area contributed by atoms with Crippen molar-refractivity contribution >= 4 is 5.91 Å². The molecule has 19 heavy (non-hydrogen) atoms. The van der Waals surface area contributed by atoms with E-state index in [1.807, 2.05) is 38.1 Å². The van der Waals surface area contributed by atoms with E-state index in [-0.39, 0.29) is 5.91 Å². The highest BCUT2D eigenvalue weighted by Gasteiger charge is 2.42. The first-order valence-electron chi connectivity index (χ1n) is 6.57. The zero-order valence-corrected chi connectivity index (χ0v) is 11.7. The molecule has 1 amide bonds. The van der Waals surface area contributed by atoms with Crippen LogP contribution in [0, 0.1) is 0 Å². The second-order valence-electron chi connectivity index (χ2n) is 5.49. The van der Waals surface area contributed by atoms with Gasteiger partial charge in [0.2, 0.25) is 5.91 Å². The van der Waals surface area contributed by atoms with Crippen LogP contribution >= 0.6 is 0 Å². The highest BCUT2D eigenvalue weighted by Crippen LogP contribution is 2.30. The van der Waals surface area contributed by atoms with E-state index in [0.717, 1.165) is 11.3 Å². The van der Waals surface area contributed by atoms with E-state index in [9.17, 15) is 9.90 Å². The fourth-order valence-corrected chi connectivity index (χ4v) is 2.63. The molecule has 104 valence electrons. The summed E-state index contributed by atoms with van der Waals surface area (Å²) < 4.78 is 5.26. The fourth-order valence-electron chi connectivity index (χ4n) is 2.63. The Morgan fingerprint density at radius 3 is 2.74 bits per heavy atom. The maximum absolute atomic E-state index is 12.4. The monoisotopic (exact) mass is 263 g/mol. The van der Waals surface area contributed by atoms with Gasteiger partial charge in [0.1, 0.15) is 5.75 Å². The average Bonchev–Trinajstić information content (AvgIpc) is 2.65. The van der Waals surface area contributed by atoms with Gasteiger partial charge >= 0.3 is 0 Å². The minimum absolute atomic E-state index is 0.0334. The Labute approximate surface area is 114 Å². The second-order valence-corrected chi connectivity index (χ2v) is 5.49. The number of carbonyl (C=O) groups excluding carboxylic acids is 1. The van der Waals surface area contributed by atoms with E-state index < -0.39 is 11.6 Å². The summed E-state index contributed by atoms with van der Waals surface area (Å²) in [5.74, 6) is 0.763. The van der Waals surface area contributed by atoms with Crippen molar-refractivity contribution in [2.24, 2.45) is 0 Å². The van der Waals surface area contributed by atoms with Crippen molar-refractivity contribution in [2.75, 3.05) is 13.7 Å². The highest BCUT2D eigenvalue weighted by molar-refractivity contribution is 5.80. The summed E-state index contributed by atoms with van der Waals surface area (Å²) in [4.78, 5) is 14.2. The smallest absolute Gasteiger partial charge is 0.227 e. The van der Waals surface area contributed by atoms with Crippen LogP contribution in [0.4, 0.5) is 0 Å². The Morgan fingerprint density at radius 1 is 1.47 bits per heavy atom. The zero-order valence-electron chi connectivity index (χ0n) is 11.7. The summed E-state index contributed by atoms with van der Waals surface area (Å²) in [5, 5.41) is 9.92. The van der Waals surface area contributed by atoms with E-state index >= 15 is 0 Å². The number of ether oxygens (including phenoxy) is 1. The summed E-state index contributed by atoms with van der Waals surface area (Å²) in [6, 6.07) is 7.54. The number of aliphatic hydroxyl groups excluding tert-OH is 1. The van der Waals surface area contributed by atoms with Crippen molar-refractivity contribution in [3.8, 4) is 5.75 Å². The summed E-state index contributed by atoms with van der Waals surface area (Å²) in [6.07, 6.45) is 0.499. The van der Waals surface area contributed by atoms with Crippen LogP contribution in [0.25, 0.3) is 0 Å². The Balaban J connectivity index is 2.14. The predicted molar refractivity (Wildman–Crippen MR) is 73.1 cm³/mol. The molecule has 1 saturated heterocycles. The Kier molecular flexibility index (Phi) is 3.80. The minimum Gasteiger partial charge on any atom is -0.496 e. The molecule has 1 N–H and O–H groups in total. The molecule has 0 radical (unpaired) electrons. The summed E-state index contributed by atoms with van der Waals surface area (Å²) >= 11 is 0. The maximum atomic E-state index is 12.4. The van der Waals surface area contributed by atoms with Gasteiger partial charge in [0, 0.05) is 12.1 Å². The molecule has 1 fully saturated rings. The van der Waals surface area contributed by atoms with Gasteiger partial charge in [-0.05, 0) is 26.3 Å². The number of hydrogen-bond acceptors (Lipinski definition) is 3. The lowest BCUT2D eigenvalue weighted by molar-refractivity contribution is -0.135. The van der Waals surface area contributed by atoms with Gasteiger partial charge in [0.05, 0.1) is 25.2 Å². The van der Waals surface area contributed by atoms with E-state index in [2.05, 4.69) is 0 Å². The van der Waals surface area contributed by atoms with E-state index in [1.54, 1.807) is 12.0 Å². The van der Waals surface area contributed by atoms with Gasteiger partial charge in [0.15, 0.2) is 0 Å². The summed E-state index contributed by atoms with van der Waals surface area (Å²) in [5.41, 5.74) is 0.395. The van der Waals surface area contributed by atoms with Gasteiger partial charge in [-0.1, -0.05) is 18.2 Å². The van der Waals surface area contributed by atoms with Crippen LogP contribution in [-0.4, -0.2) is 41.2 Å². The Bertz CT molecular complexity index is 470. The van der Waals surface area contributed by atoms with Crippen molar-refractivity contribution in [3.05, 3.63) is 29.8 Å². The number of para-hydroxylation sites is 1. The van der Waals surface area contributed by atoms with Crippen LogP contribution in [0.2, 0.25) is 0 Å². The molecule has 4 nitrogen and oxygen atoms in total. The Hall–Kier alpha value is -1.55. The Morgan fingerprint density at radius 2 is 2.16 bits per heavy atom. The lowest BCUT2D eigenvalue weighted by atomic mass is 9.98. The van der Waals surface area contributed by atoms with Crippen LogP contribution in [0.3, 0.4) is 0 Å². The molecule has 1 aliphatic heterocycles. The largest absolute Gasteiger partial charge is 0.496 e. The van der Waals surface area contributed by atoms with Gasteiger partial charge in [-0.3, -0.25) is 4.79 Å². The van der Waals surface area contributed by atoms with Crippen molar-refractivity contribution in [1.82, 2.24) is 4.90 Å². The van der Waals surface area contributed by atoms with E-state index in [1.165, 1.54) is 0 Å². The topological polar surface area (TPSA) is 49.8 Å². The summed E-state index contributed by atoms with van der Waals surface area (Å²) in [6.45, 7) is 4.43. The third-order valence-electron chi connectivity index (χ3n) is 3.97. The van der Waals surface area contributed by atoms with Gasteiger partial charge in [-0.25, -0.2) is 0 Å². The number of carbonyl (C=O) groups is 1. The molecular formula is C15H21NO3. The number of benzene rings is 1. The molecule has 1 atom stereocenters. The first-order chi connectivity index (χ1) is 8.96. The molecule has 0 spiro atoms. The first-order valence-corrected chi connectivity index (χ1v) is 6.57. The highest BCUT2D eigenvalue weighted by atomic mass is 16.5. The standard InChI is InChI=1S/C15H21NO3/c1-15(2)13(17)8-9-16(15)14(18)10-11-6-4-5-7-12(11)19-3/h4-7,13,17H,8-10H2,1-3H3. The lowest BCUT2D eigenvalue weighted by Crippen LogP contribution is -2.48. The van der Waals surface area contributed by atoms with Gasteiger partial charge in [-0.15, -0.1) is 0 Å². The lowest BCUT2D eigenvalue weighted by Gasteiger charge is -2.34. The number of hydrogen-bond donors (Lipinski definition) is 1. The van der Waals surface area contributed by atoms with Crippen molar-refractivity contribution in [3.63, 3.8) is 0 Å². The first kappa shape index (κ1) is 13.9. The molecule has 0 saturated carbocycles. The maximum Gasteiger partial charge on any atom is 0.227 e. The SMILES string of the molecule is COc1ccccc1CC(=O)N1CCC(O)C1(C)C. The van der Waals surface area contributed by atoms with Gasteiger partial charge in [-0.2, -0.15) is 0 Å². The van der Waals surface area contributed by atoms with E-state index in [0.29, 0.717) is 19.4 Å². The predicted octanol–water partition coefficient (Wildman–Crippen LogP) is 1.61. The van der Waals surface area contributed by atoms with Gasteiger partial charge in [0.25, 0.3) is 0 Å². The van der Waals surface area contributed by atoms with Crippen molar-refractivity contribution in [2.45, 2.75) is 38.3 Å². The van der Waals surface area contributed by atoms with Crippen LogP contribution in [0.15, 0.2) is 24.3 Å². The third-order valence-corrected chi connectivity index (χ3v) is 3.97. The quantitative estimate of drug-likeness (QED) is 0.901. The molecule has 2 rings (SSSR count). The van der Waals surface area contributed by atoms with Crippen LogP contribution < -0.4 is 4.74 Å². The molecule has 0 bridgehead atoms. The minimum atomic E-state index is -0.487. The van der Waals surface area contributed by atoms with Crippen molar-refractivity contribution in [1.29, 1.82) is 0 Å². The molecule has 4 heteroatoms. The van der Waals surface area contributed by atoms with Crippen LogP contribution in [0.1, 0.15) is 25.8 Å². The second kappa shape index (κ2) is 5.21. The van der Waals surface area contributed by atoms with Crippen LogP contribution in [-0.2, 0) is 11.2 Å². The number of methoxy groups -OCH3 is 1. The molecule has 1 aliphatic rings. The molecule has 1 heterocycles. The molecule has 0 aliphatic carbocycles. The van der Waals surface area contributed by atoms with Gasteiger partial charge < -0.3 is 14.7 Å². The molecular weight excluding hydrogens is 242 g/mol. The van der Waals surface area contributed by atoms with Crippen molar-refractivity contribution < 1.29 is 14.6 Å².